The molecule has 0 aliphatic carbocycles. The van der Waals surface area contributed by atoms with Gasteiger partial charge in [-0.15, -0.1) is 0 Å². The van der Waals surface area contributed by atoms with Gasteiger partial charge in [-0.1, -0.05) is 26.0 Å². The highest BCUT2D eigenvalue weighted by Gasteiger charge is 1.96. The molecule has 0 fully saturated rings. The van der Waals surface area contributed by atoms with E-state index in [0.717, 1.165) is 6.54 Å². The number of hydrogen-bond acceptors (Lipinski definition) is 0. The van der Waals surface area contributed by atoms with Gasteiger partial charge in [-0.25, -0.2) is 4.57 Å². The standard InChI is InChI=1S/C11H16N/c1-3-5-8-12-9-6-11(4-2)7-10-12/h4,6-7,9-10H,2-3,5,8H2,1H3/q+1. The third kappa shape index (κ3) is 2.50. The van der Waals surface area contributed by atoms with Gasteiger partial charge < -0.3 is 0 Å². The van der Waals surface area contributed by atoms with Crippen LogP contribution >= 0.6 is 0 Å². The van der Waals surface area contributed by atoms with Gasteiger partial charge in [0, 0.05) is 18.6 Å². The van der Waals surface area contributed by atoms with Crippen LogP contribution in [0.1, 0.15) is 25.3 Å². The lowest BCUT2D eigenvalue weighted by atomic mass is 10.2. The lowest BCUT2D eigenvalue weighted by molar-refractivity contribution is -0.697. The average molecular weight is 162 g/mol. The summed E-state index contributed by atoms with van der Waals surface area (Å²) < 4.78 is 2.20. The van der Waals surface area contributed by atoms with Crippen LogP contribution in [-0.4, -0.2) is 0 Å². The monoisotopic (exact) mass is 162 g/mol. The molecule has 1 aromatic heterocycles. The van der Waals surface area contributed by atoms with Crippen LogP contribution in [0.15, 0.2) is 31.1 Å². The highest BCUT2D eigenvalue weighted by atomic mass is 14.9. The van der Waals surface area contributed by atoms with Crippen LogP contribution in [0.2, 0.25) is 0 Å². The van der Waals surface area contributed by atoms with E-state index in [0.29, 0.717) is 0 Å². The summed E-state index contributed by atoms with van der Waals surface area (Å²) in [6.07, 6.45) is 8.57. The Balaban J connectivity index is 2.58. The molecule has 0 saturated carbocycles. The zero-order valence-corrected chi connectivity index (χ0v) is 7.66. The molecule has 0 aromatic carbocycles. The number of rotatable bonds is 4. The molecule has 64 valence electrons. The molecule has 12 heavy (non-hydrogen) atoms. The van der Waals surface area contributed by atoms with Gasteiger partial charge in [-0.05, 0) is 5.56 Å². The maximum atomic E-state index is 3.71. The second-order valence-electron chi connectivity index (χ2n) is 2.93. The molecule has 1 rings (SSSR count). The van der Waals surface area contributed by atoms with Crippen molar-refractivity contribution in [1.29, 1.82) is 0 Å². The van der Waals surface area contributed by atoms with Gasteiger partial charge >= 0.3 is 0 Å². The maximum Gasteiger partial charge on any atom is 0.169 e. The Kier molecular flexibility index (Phi) is 3.52. The normalized spacial score (nSPS) is 9.75. The van der Waals surface area contributed by atoms with Crippen molar-refractivity contribution in [3.63, 3.8) is 0 Å². The quantitative estimate of drug-likeness (QED) is 0.599. The van der Waals surface area contributed by atoms with Crippen LogP contribution in [0.4, 0.5) is 0 Å². The van der Waals surface area contributed by atoms with Crippen molar-refractivity contribution in [3.8, 4) is 0 Å². The number of pyridine rings is 1. The zero-order chi connectivity index (χ0) is 8.81. The highest BCUT2D eigenvalue weighted by molar-refractivity contribution is 5.44. The molecule has 0 aliphatic heterocycles. The molecule has 0 saturated heterocycles. The summed E-state index contributed by atoms with van der Waals surface area (Å²) in [5.74, 6) is 0. The molecule has 1 nitrogen and oxygen atoms in total. The first-order chi connectivity index (χ1) is 5.86. The van der Waals surface area contributed by atoms with Crippen LogP contribution in [0.5, 0.6) is 0 Å². The minimum absolute atomic E-state index is 1.12. The fourth-order valence-corrected chi connectivity index (χ4v) is 1.09. The summed E-state index contributed by atoms with van der Waals surface area (Å²) in [4.78, 5) is 0. The van der Waals surface area contributed by atoms with Crippen LogP contribution in [0.25, 0.3) is 6.08 Å². The zero-order valence-electron chi connectivity index (χ0n) is 7.66. The first kappa shape index (κ1) is 8.98. The minimum atomic E-state index is 1.12. The van der Waals surface area contributed by atoms with Crippen molar-refractivity contribution in [2.24, 2.45) is 0 Å². The number of hydrogen-bond donors (Lipinski definition) is 0. The summed E-state index contributed by atoms with van der Waals surface area (Å²) in [6.45, 7) is 7.04. The Morgan fingerprint density at radius 1 is 1.42 bits per heavy atom. The van der Waals surface area contributed by atoms with E-state index < -0.39 is 0 Å². The smallest absolute Gasteiger partial charge is 0.169 e. The van der Waals surface area contributed by atoms with Crippen LogP contribution in [0.3, 0.4) is 0 Å². The topological polar surface area (TPSA) is 3.88 Å². The molecule has 1 heteroatoms. The molecule has 0 radical (unpaired) electrons. The number of aromatic nitrogens is 1. The van der Waals surface area contributed by atoms with E-state index in [2.05, 4.69) is 42.6 Å². The van der Waals surface area contributed by atoms with E-state index in [4.69, 9.17) is 0 Å². The summed E-state index contributed by atoms with van der Waals surface area (Å²) in [6, 6.07) is 4.17. The highest BCUT2D eigenvalue weighted by Crippen LogP contribution is 1.96. The predicted molar refractivity (Wildman–Crippen MR) is 51.6 cm³/mol. The van der Waals surface area contributed by atoms with Crippen molar-refractivity contribution in [3.05, 3.63) is 36.7 Å². The van der Waals surface area contributed by atoms with Gasteiger partial charge in [0.1, 0.15) is 6.54 Å². The maximum absolute atomic E-state index is 3.71. The average Bonchev–Trinajstić information content (AvgIpc) is 2.15. The van der Waals surface area contributed by atoms with Gasteiger partial charge in [-0.3, -0.25) is 0 Å². The number of nitrogens with zero attached hydrogens (tertiary/aromatic N) is 1. The lowest BCUT2D eigenvalue weighted by Gasteiger charge is -1.94. The summed E-state index contributed by atoms with van der Waals surface area (Å²) in [5.41, 5.74) is 1.18. The molecule has 0 aliphatic rings. The minimum Gasteiger partial charge on any atom is -0.205 e. The van der Waals surface area contributed by atoms with Crippen molar-refractivity contribution in [2.75, 3.05) is 0 Å². The van der Waals surface area contributed by atoms with Crippen molar-refractivity contribution in [2.45, 2.75) is 26.3 Å². The molecule has 0 N–H and O–H groups in total. The third-order valence-corrected chi connectivity index (χ3v) is 1.92. The first-order valence-corrected chi connectivity index (χ1v) is 4.48. The van der Waals surface area contributed by atoms with Gasteiger partial charge in [-0.2, -0.15) is 0 Å². The van der Waals surface area contributed by atoms with Crippen LogP contribution in [0, 0.1) is 0 Å². The largest absolute Gasteiger partial charge is 0.205 e. The second-order valence-corrected chi connectivity index (χ2v) is 2.93. The van der Waals surface area contributed by atoms with Crippen LogP contribution < -0.4 is 4.57 Å². The SMILES string of the molecule is C=Cc1cc[n+](CCCC)cc1. The lowest BCUT2D eigenvalue weighted by Crippen LogP contribution is -2.32. The molecule has 0 unspecified atom stereocenters. The molecular weight excluding hydrogens is 146 g/mol. The van der Waals surface area contributed by atoms with E-state index >= 15 is 0 Å². The molecule has 0 atom stereocenters. The fourth-order valence-electron chi connectivity index (χ4n) is 1.09. The second kappa shape index (κ2) is 4.70. The van der Waals surface area contributed by atoms with E-state index in [1.807, 2.05) is 6.08 Å². The van der Waals surface area contributed by atoms with E-state index in [1.165, 1.54) is 18.4 Å². The van der Waals surface area contributed by atoms with Crippen LogP contribution in [-0.2, 0) is 6.54 Å². The predicted octanol–water partition coefficient (Wildman–Crippen LogP) is 2.42. The van der Waals surface area contributed by atoms with E-state index in [1.54, 1.807) is 0 Å². The van der Waals surface area contributed by atoms with E-state index in [-0.39, 0.29) is 0 Å². The Morgan fingerprint density at radius 3 is 2.58 bits per heavy atom. The Hall–Kier alpha value is -1.11. The summed E-state index contributed by atoms with van der Waals surface area (Å²) in [5, 5.41) is 0. The molecule has 0 spiro atoms. The number of aryl methyl sites for hydroxylation is 1. The Bertz CT molecular complexity index is 236. The van der Waals surface area contributed by atoms with Crippen molar-refractivity contribution < 1.29 is 4.57 Å². The molecule has 1 aromatic rings. The molecular formula is C11H16N+. The van der Waals surface area contributed by atoms with E-state index in [9.17, 15) is 0 Å². The molecule has 0 amide bonds. The molecule has 1 heterocycles. The van der Waals surface area contributed by atoms with Crippen molar-refractivity contribution >= 4 is 6.08 Å². The van der Waals surface area contributed by atoms with Gasteiger partial charge in [0.15, 0.2) is 12.4 Å². The Labute approximate surface area is 74.4 Å². The number of unbranched alkanes of at least 4 members (excludes halogenated alkanes) is 1. The summed E-state index contributed by atoms with van der Waals surface area (Å²) in [7, 11) is 0. The third-order valence-electron chi connectivity index (χ3n) is 1.92. The molecule has 0 bridgehead atoms. The van der Waals surface area contributed by atoms with Gasteiger partial charge in [0.25, 0.3) is 0 Å². The van der Waals surface area contributed by atoms with Crippen molar-refractivity contribution in [1.82, 2.24) is 0 Å². The van der Waals surface area contributed by atoms with Gasteiger partial charge in [0.2, 0.25) is 0 Å². The summed E-state index contributed by atoms with van der Waals surface area (Å²) >= 11 is 0. The fraction of sp³-hybridized carbons (Fsp3) is 0.364. The van der Waals surface area contributed by atoms with Gasteiger partial charge in [0.05, 0.1) is 0 Å². The first-order valence-electron chi connectivity index (χ1n) is 4.48. The Morgan fingerprint density at radius 2 is 2.08 bits per heavy atom.